The third-order valence-electron chi connectivity index (χ3n) is 6.22. The number of hydrogen-bond acceptors (Lipinski definition) is 4. The molecular weight excluding hydrogens is 427 g/mol. The Labute approximate surface area is 200 Å². The normalized spacial score (nSPS) is 16.4. The number of carbonyl (C=O) groups is 1. The SMILES string of the molecule is CCCCCC(C)C(=O)C1C=CC=C(c2ccc(Nc3nc4ccc(C)cc4o3)c(F)c2)C=C1. The number of oxazole rings is 1. The van der Waals surface area contributed by atoms with Gasteiger partial charge in [-0.15, -0.1) is 0 Å². The van der Waals surface area contributed by atoms with E-state index in [1.54, 1.807) is 6.07 Å². The van der Waals surface area contributed by atoms with Gasteiger partial charge in [0.15, 0.2) is 5.58 Å². The zero-order chi connectivity index (χ0) is 24.1. The van der Waals surface area contributed by atoms with E-state index in [-0.39, 0.29) is 29.3 Å². The van der Waals surface area contributed by atoms with Gasteiger partial charge in [0.05, 0.1) is 11.6 Å². The van der Waals surface area contributed by atoms with Crippen molar-refractivity contribution in [3.63, 3.8) is 0 Å². The predicted molar refractivity (Wildman–Crippen MR) is 136 cm³/mol. The molecule has 0 radical (unpaired) electrons. The molecule has 5 heteroatoms. The van der Waals surface area contributed by atoms with Gasteiger partial charge in [-0.2, -0.15) is 4.98 Å². The summed E-state index contributed by atoms with van der Waals surface area (Å²) in [6.07, 6.45) is 13.9. The average molecular weight is 459 g/mol. The molecule has 1 heterocycles. The molecule has 3 aromatic rings. The van der Waals surface area contributed by atoms with Crippen molar-refractivity contribution in [1.29, 1.82) is 0 Å². The highest BCUT2D eigenvalue weighted by Gasteiger charge is 2.20. The van der Waals surface area contributed by atoms with Gasteiger partial charge in [-0.1, -0.05) is 75.6 Å². The fourth-order valence-corrected chi connectivity index (χ4v) is 4.16. The highest BCUT2D eigenvalue weighted by Crippen LogP contribution is 2.28. The van der Waals surface area contributed by atoms with Crippen LogP contribution in [0.2, 0.25) is 0 Å². The van der Waals surface area contributed by atoms with Crippen molar-refractivity contribution in [2.75, 3.05) is 5.32 Å². The zero-order valence-corrected chi connectivity index (χ0v) is 20.0. The summed E-state index contributed by atoms with van der Waals surface area (Å²) in [5.74, 6) is -0.391. The quantitative estimate of drug-likeness (QED) is 0.331. The van der Waals surface area contributed by atoms with Crippen molar-refractivity contribution in [3.8, 4) is 0 Å². The van der Waals surface area contributed by atoms with E-state index in [0.29, 0.717) is 5.58 Å². The molecule has 2 atom stereocenters. The number of allylic oxidation sites excluding steroid dienone is 6. The van der Waals surface area contributed by atoms with E-state index in [1.807, 2.05) is 68.5 Å². The molecule has 176 valence electrons. The third kappa shape index (κ3) is 5.53. The summed E-state index contributed by atoms with van der Waals surface area (Å²) in [6, 6.07) is 11.0. The lowest BCUT2D eigenvalue weighted by molar-refractivity contribution is -0.123. The Bertz CT molecular complexity index is 1270. The number of fused-ring (bicyclic) bond motifs is 1. The molecule has 0 spiro atoms. The van der Waals surface area contributed by atoms with Crippen LogP contribution in [0.25, 0.3) is 16.7 Å². The van der Waals surface area contributed by atoms with Gasteiger partial charge in [0.2, 0.25) is 0 Å². The molecule has 0 aliphatic heterocycles. The summed E-state index contributed by atoms with van der Waals surface area (Å²) >= 11 is 0. The molecule has 0 fully saturated rings. The first-order chi connectivity index (χ1) is 16.4. The maximum atomic E-state index is 14.9. The molecule has 1 aromatic heterocycles. The summed E-state index contributed by atoms with van der Waals surface area (Å²) in [6.45, 7) is 6.15. The molecule has 0 amide bonds. The van der Waals surface area contributed by atoms with E-state index in [2.05, 4.69) is 17.2 Å². The number of nitrogens with one attached hydrogen (secondary N) is 1. The fourth-order valence-electron chi connectivity index (χ4n) is 4.16. The molecule has 4 rings (SSSR count). The minimum Gasteiger partial charge on any atom is -0.423 e. The van der Waals surface area contributed by atoms with Gasteiger partial charge in [-0.3, -0.25) is 4.79 Å². The number of halogens is 1. The number of ketones is 1. The van der Waals surface area contributed by atoms with Crippen molar-refractivity contribution in [2.24, 2.45) is 11.8 Å². The number of Topliss-reactive ketones (excluding diaryl/α,β-unsaturated/α-hetero) is 1. The Morgan fingerprint density at radius 1 is 1.18 bits per heavy atom. The fraction of sp³-hybridized carbons (Fsp3) is 0.310. The van der Waals surface area contributed by atoms with Crippen LogP contribution in [0.4, 0.5) is 16.1 Å². The van der Waals surface area contributed by atoms with Crippen LogP contribution in [-0.4, -0.2) is 10.8 Å². The molecule has 0 saturated carbocycles. The molecule has 1 aliphatic carbocycles. The number of aromatic nitrogens is 1. The van der Waals surface area contributed by atoms with Gasteiger partial charge in [0.1, 0.15) is 17.1 Å². The van der Waals surface area contributed by atoms with Crippen molar-refractivity contribution in [1.82, 2.24) is 4.98 Å². The molecule has 1 aliphatic rings. The van der Waals surface area contributed by atoms with Crippen LogP contribution in [0.3, 0.4) is 0 Å². The molecule has 34 heavy (non-hydrogen) atoms. The Morgan fingerprint density at radius 2 is 2.03 bits per heavy atom. The zero-order valence-electron chi connectivity index (χ0n) is 20.0. The number of anilines is 2. The molecule has 2 aromatic carbocycles. The number of hydrogen-bond donors (Lipinski definition) is 1. The van der Waals surface area contributed by atoms with Gasteiger partial charge in [-0.05, 0) is 54.3 Å². The summed E-state index contributed by atoms with van der Waals surface area (Å²) in [7, 11) is 0. The minimum absolute atomic E-state index is 0.0333. The molecule has 2 unspecified atom stereocenters. The Hall–Kier alpha value is -3.47. The van der Waals surface area contributed by atoms with E-state index < -0.39 is 5.82 Å². The highest BCUT2D eigenvalue weighted by atomic mass is 19.1. The van der Waals surface area contributed by atoms with Gasteiger partial charge in [0.25, 0.3) is 6.01 Å². The maximum absolute atomic E-state index is 14.9. The second-order valence-corrected chi connectivity index (χ2v) is 9.00. The Balaban J connectivity index is 1.45. The number of rotatable bonds is 9. The van der Waals surface area contributed by atoms with Gasteiger partial charge < -0.3 is 9.73 Å². The lowest BCUT2D eigenvalue weighted by Crippen LogP contribution is -2.18. The van der Waals surface area contributed by atoms with Crippen LogP contribution in [0.15, 0.2) is 71.2 Å². The van der Waals surface area contributed by atoms with E-state index in [1.165, 1.54) is 6.07 Å². The monoisotopic (exact) mass is 458 g/mol. The number of benzene rings is 2. The molecule has 4 nitrogen and oxygen atoms in total. The lowest BCUT2D eigenvalue weighted by atomic mass is 9.89. The summed E-state index contributed by atoms with van der Waals surface area (Å²) in [5, 5.41) is 2.93. The second-order valence-electron chi connectivity index (χ2n) is 9.00. The van der Waals surface area contributed by atoms with Crippen molar-refractivity contribution < 1.29 is 13.6 Å². The Morgan fingerprint density at radius 3 is 2.82 bits per heavy atom. The topological polar surface area (TPSA) is 55.1 Å². The van der Waals surface area contributed by atoms with E-state index in [9.17, 15) is 9.18 Å². The highest BCUT2D eigenvalue weighted by molar-refractivity contribution is 5.88. The van der Waals surface area contributed by atoms with E-state index in [0.717, 1.165) is 47.9 Å². The van der Waals surface area contributed by atoms with Crippen LogP contribution >= 0.6 is 0 Å². The maximum Gasteiger partial charge on any atom is 0.300 e. The van der Waals surface area contributed by atoms with Crippen LogP contribution in [0, 0.1) is 24.6 Å². The standard InChI is InChI=1S/C29H31FN2O2/c1-4-5-6-8-20(3)28(33)22-10-7-9-21(12-13-22)23-14-16-25(24(30)18-23)31-29-32-26-15-11-19(2)17-27(26)34-29/h7,9-18,20,22H,4-6,8H2,1-3H3,(H,31,32). The van der Waals surface area contributed by atoms with Crippen molar-refractivity contribution in [3.05, 3.63) is 83.7 Å². The molecule has 0 bridgehead atoms. The summed E-state index contributed by atoms with van der Waals surface area (Å²) in [5.41, 5.74) is 4.32. The summed E-state index contributed by atoms with van der Waals surface area (Å²) < 4.78 is 20.6. The van der Waals surface area contributed by atoms with E-state index in [4.69, 9.17) is 4.42 Å². The smallest absolute Gasteiger partial charge is 0.300 e. The van der Waals surface area contributed by atoms with Gasteiger partial charge in [-0.25, -0.2) is 4.39 Å². The van der Waals surface area contributed by atoms with Crippen LogP contribution in [0.1, 0.15) is 50.7 Å². The predicted octanol–water partition coefficient (Wildman–Crippen LogP) is 7.93. The average Bonchev–Trinajstić information content (AvgIpc) is 3.05. The van der Waals surface area contributed by atoms with Crippen molar-refractivity contribution in [2.45, 2.75) is 46.5 Å². The Kier molecular flexibility index (Phi) is 7.41. The minimum atomic E-state index is -0.407. The third-order valence-corrected chi connectivity index (χ3v) is 6.22. The van der Waals surface area contributed by atoms with Crippen LogP contribution in [0.5, 0.6) is 0 Å². The van der Waals surface area contributed by atoms with E-state index >= 15 is 0 Å². The first-order valence-corrected chi connectivity index (χ1v) is 12.0. The van der Waals surface area contributed by atoms with Crippen LogP contribution < -0.4 is 5.32 Å². The van der Waals surface area contributed by atoms with Gasteiger partial charge in [0, 0.05) is 5.92 Å². The first kappa shape index (κ1) is 23.7. The lowest BCUT2D eigenvalue weighted by Gasteiger charge is -2.14. The molecule has 0 saturated heterocycles. The van der Waals surface area contributed by atoms with Crippen LogP contribution in [-0.2, 0) is 4.79 Å². The van der Waals surface area contributed by atoms with Gasteiger partial charge >= 0.3 is 0 Å². The largest absolute Gasteiger partial charge is 0.423 e. The molecular formula is C29H31FN2O2. The summed E-state index contributed by atoms with van der Waals surface area (Å²) in [4.78, 5) is 17.2. The second kappa shape index (κ2) is 10.6. The number of nitrogens with zero attached hydrogens (tertiary/aromatic N) is 1. The first-order valence-electron chi connectivity index (χ1n) is 12.0. The van der Waals surface area contributed by atoms with Crippen molar-refractivity contribution >= 4 is 34.2 Å². The molecule has 1 N–H and O–H groups in total. The number of aryl methyl sites for hydroxylation is 1. The number of unbranched alkanes of at least 4 members (excludes halogenated alkanes) is 2. The number of carbonyl (C=O) groups excluding carboxylic acids is 1.